The molecule has 94 valence electrons. The van der Waals surface area contributed by atoms with E-state index in [-0.39, 0.29) is 6.42 Å². The summed E-state index contributed by atoms with van der Waals surface area (Å²) in [6, 6.07) is 5.74. The van der Waals surface area contributed by atoms with Crippen molar-refractivity contribution < 1.29 is 15.0 Å². The largest absolute Gasteiger partial charge is 0.508 e. The molecule has 1 rings (SSSR count). The zero-order chi connectivity index (χ0) is 12.7. The highest BCUT2D eigenvalue weighted by Gasteiger charge is 2.01. The van der Waals surface area contributed by atoms with Gasteiger partial charge in [-0.1, -0.05) is 25.0 Å². The average Bonchev–Trinajstić information content (AvgIpc) is 2.25. The summed E-state index contributed by atoms with van der Waals surface area (Å²) in [5.74, 6) is -0.350. The van der Waals surface area contributed by atoms with Crippen LogP contribution in [-0.4, -0.2) is 16.2 Å². The standard InChI is InChI=1S/C14H20O3/c1-11-8-9-12(13(15)10-11)6-4-2-3-5-7-14(16)17/h8-10,15H,2-7H2,1H3,(H,16,17). The summed E-state index contributed by atoms with van der Waals surface area (Å²) < 4.78 is 0. The van der Waals surface area contributed by atoms with Crippen molar-refractivity contribution in [2.75, 3.05) is 0 Å². The van der Waals surface area contributed by atoms with Crippen molar-refractivity contribution in [3.8, 4) is 5.75 Å². The fourth-order valence-corrected chi connectivity index (χ4v) is 1.83. The van der Waals surface area contributed by atoms with Gasteiger partial charge in [-0.25, -0.2) is 0 Å². The molecule has 0 unspecified atom stereocenters. The van der Waals surface area contributed by atoms with E-state index in [1.807, 2.05) is 19.1 Å². The maximum atomic E-state index is 10.3. The van der Waals surface area contributed by atoms with Gasteiger partial charge in [-0.2, -0.15) is 0 Å². The third-order valence-electron chi connectivity index (χ3n) is 2.83. The summed E-state index contributed by atoms with van der Waals surface area (Å²) in [5.41, 5.74) is 2.04. The van der Waals surface area contributed by atoms with Gasteiger partial charge in [-0.15, -0.1) is 0 Å². The molecular formula is C14H20O3. The Morgan fingerprint density at radius 2 is 1.88 bits per heavy atom. The number of carboxylic acids is 1. The normalized spacial score (nSPS) is 10.4. The van der Waals surface area contributed by atoms with Crippen molar-refractivity contribution >= 4 is 5.97 Å². The van der Waals surface area contributed by atoms with Crippen molar-refractivity contribution in [1.82, 2.24) is 0 Å². The zero-order valence-electron chi connectivity index (χ0n) is 10.3. The van der Waals surface area contributed by atoms with Crippen LogP contribution in [0.5, 0.6) is 5.75 Å². The van der Waals surface area contributed by atoms with Crippen LogP contribution in [0.25, 0.3) is 0 Å². The van der Waals surface area contributed by atoms with Crippen molar-refractivity contribution in [3.63, 3.8) is 0 Å². The number of aliphatic carboxylic acids is 1. The molecule has 0 saturated carbocycles. The Hall–Kier alpha value is -1.51. The van der Waals surface area contributed by atoms with Gasteiger partial charge < -0.3 is 10.2 Å². The fraction of sp³-hybridized carbons (Fsp3) is 0.500. The van der Waals surface area contributed by atoms with E-state index in [9.17, 15) is 9.90 Å². The first-order valence-electron chi connectivity index (χ1n) is 6.10. The molecule has 0 aromatic heterocycles. The second-order valence-corrected chi connectivity index (χ2v) is 4.44. The molecule has 1 aromatic rings. The van der Waals surface area contributed by atoms with Gasteiger partial charge in [0, 0.05) is 6.42 Å². The van der Waals surface area contributed by atoms with Crippen molar-refractivity contribution in [1.29, 1.82) is 0 Å². The highest BCUT2D eigenvalue weighted by atomic mass is 16.4. The molecule has 0 aliphatic carbocycles. The van der Waals surface area contributed by atoms with E-state index in [1.165, 1.54) is 0 Å². The predicted molar refractivity (Wildman–Crippen MR) is 67.3 cm³/mol. The smallest absolute Gasteiger partial charge is 0.303 e. The first-order valence-corrected chi connectivity index (χ1v) is 6.10. The summed E-state index contributed by atoms with van der Waals surface area (Å²) in [6.45, 7) is 1.95. The molecule has 0 radical (unpaired) electrons. The van der Waals surface area contributed by atoms with Crippen LogP contribution in [0.2, 0.25) is 0 Å². The second-order valence-electron chi connectivity index (χ2n) is 4.44. The molecule has 0 atom stereocenters. The summed E-state index contributed by atoms with van der Waals surface area (Å²) in [4.78, 5) is 10.3. The van der Waals surface area contributed by atoms with Crippen molar-refractivity contribution in [3.05, 3.63) is 29.3 Å². The van der Waals surface area contributed by atoms with Crippen LogP contribution >= 0.6 is 0 Å². The Labute approximate surface area is 102 Å². The first-order chi connectivity index (χ1) is 8.09. The minimum absolute atomic E-state index is 0.260. The maximum absolute atomic E-state index is 10.3. The predicted octanol–water partition coefficient (Wildman–Crippen LogP) is 3.28. The molecule has 0 aliphatic rings. The van der Waals surface area contributed by atoms with E-state index in [2.05, 4.69) is 0 Å². The van der Waals surface area contributed by atoms with Crippen LogP contribution < -0.4 is 0 Å². The SMILES string of the molecule is Cc1ccc(CCCCCCC(=O)O)c(O)c1. The van der Waals surface area contributed by atoms with E-state index in [0.717, 1.165) is 43.2 Å². The van der Waals surface area contributed by atoms with Gasteiger partial charge in [0.1, 0.15) is 5.75 Å². The van der Waals surface area contributed by atoms with Crippen LogP contribution in [0, 0.1) is 6.92 Å². The first kappa shape index (κ1) is 13.6. The Morgan fingerprint density at radius 1 is 1.18 bits per heavy atom. The molecule has 3 nitrogen and oxygen atoms in total. The number of carbonyl (C=O) groups is 1. The van der Waals surface area contributed by atoms with Gasteiger partial charge in [-0.3, -0.25) is 4.79 Å². The van der Waals surface area contributed by atoms with Crippen LogP contribution in [0.3, 0.4) is 0 Å². The van der Waals surface area contributed by atoms with Crippen molar-refractivity contribution in [2.45, 2.75) is 45.4 Å². The molecule has 3 heteroatoms. The van der Waals surface area contributed by atoms with Crippen LogP contribution in [0.1, 0.15) is 43.2 Å². The lowest BCUT2D eigenvalue weighted by atomic mass is 10.0. The number of benzene rings is 1. The molecule has 0 aliphatic heterocycles. The summed E-state index contributed by atoms with van der Waals surface area (Å²) in [7, 11) is 0. The molecule has 0 heterocycles. The van der Waals surface area contributed by atoms with Gasteiger partial charge >= 0.3 is 5.97 Å². The number of unbranched alkanes of at least 4 members (excludes halogenated alkanes) is 3. The van der Waals surface area contributed by atoms with E-state index < -0.39 is 5.97 Å². The molecule has 1 aromatic carbocycles. The molecule has 0 amide bonds. The molecule has 0 spiro atoms. The lowest BCUT2D eigenvalue weighted by molar-refractivity contribution is -0.137. The van der Waals surface area contributed by atoms with E-state index >= 15 is 0 Å². The number of phenolic OH excluding ortho intramolecular Hbond substituents is 1. The molecule has 2 N–H and O–H groups in total. The monoisotopic (exact) mass is 236 g/mol. The maximum Gasteiger partial charge on any atom is 0.303 e. The molecule has 0 fully saturated rings. The average molecular weight is 236 g/mol. The Balaban J connectivity index is 2.20. The topological polar surface area (TPSA) is 57.5 Å². The second kappa shape index (κ2) is 6.94. The van der Waals surface area contributed by atoms with Gasteiger partial charge in [0.15, 0.2) is 0 Å². The summed E-state index contributed by atoms with van der Waals surface area (Å²) in [6.07, 6.45) is 4.82. The molecule has 0 bridgehead atoms. The van der Waals surface area contributed by atoms with E-state index in [1.54, 1.807) is 6.07 Å². The minimum atomic E-state index is -0.721. The number of rotatable bonds is 7. The van der Waals surface area contributed by atoms with Gasteiger partial charge in [-0.05, 0) is 43.4 Å². The number of aromatic hydroxyl groups is 1. The molecule has 0 saturated heterocycles. The van der Waals surface area contributed by atoms with E-state index in [0.29, 0.717) is 5.75 Å². The van der Waals surface area contributed by atoms with E-state index in [4.69, 9.17) is 5.11 Å². The Kier molecular flexibility index (Phi) is 5.53. The molecule has 17 heavy (non-hydrogen) atoms. The Bertz CT molecular complexity index is 372. The summed E-state index contributed by atoms with van der Waals surface area (Å²) in [5, 5.41) is 18.2. The minimum Gasteiger partial charge on any atom is -0.508 e. The van der Waals surface area contributed by atoms with Crippen LogP contribution in [0.4, 0.5) is 0 Å². The number of phenols is 1. The van der Waals surface area contributed by atoms with Crippen molar-refractivity contribution in [2.24, 2.45) is 0 Å². The van der Waals surface area contributed by atoms with Gasteiger partial charge in [0.25, 0.3) is 0 Å². The lowest BCUT2D eigenvalue weighted by Crippen LogP contribution is -1.94. The number of aryl methyl sites for hydroxylation is 2. The third-order valence-corrected chi connectivity index (χ3v) is 2.83. The van der Waals surface area contributed by atoms with Crippen LogP contribution in [-0.2, 0) is 11.2 Å². The highest BCUT2D eigenvalue weighted by Crippen LogP contribution is 2.20. The zero-order valence-corrected chi connectivity index (χ0v) is 10.3. The number of hydrogen-bond acceptors (Lipinski definition) is 2. The lowest BCUT2D eigenvalue weighted by Gasteiger charge is -2.05. The number of carboxylic acid groups (broad SMARTS) is 1. The quantitative estimate of drug-likeness (QED) is 0.714. The van der Waals surface area contributed by atoms with Crippen LogP contribution in [0.15, 0.2) is 18.2 Å². The third kappa shape index (κ3) is 5.38. The van der Waals surface area contributed by atoms with Gasteiger partial charge in [0.2, 0.25) is 0 Å². The number of hydrogen-bond donors (Lipinski definition) is 2. The fourth-order valence-electron chi connectivity index (χ4n) is 1.83. The van der Waals surface area contributed by atoms with Gasteiger partial charge in [0.05, 0.1) is 0 Å². The Morgan fingerprint density at radius 3 is 2.53 bits per heavy atom. The molecular weight excluding hydrogens is 216 g/mol. The summed E-state index contributed by atoms with van der Waals surface area (Å²) >= 11 is 0. The highest BCUT2D eigenvalue weighted by molar-refractivity contribution is 5.66.